The smallest absolute Gasteiger partial charge is 0.123 e. The van der Waals surface area contributed by atoms with E-state index in [1.807, 2.05) is 12.1 Å². The lowest BCUT2D eigenvalue weighted by Gasteiger charge is -2.23. The van der Waals surface area contributed by atoms with Crippen molar-refractivity contribution in [3.63, 3.8) is 0 Å². The molecule has 0 saturated carbocycles. The van der Waals surface area contributed by atoms with Crippen LogP contribution in [0.15, 0.2) is 18.2 Å². The fourth-order valence-corrected chi connectivity index (χ4v) is 2.52. The van der Waals surface area contributed by atoms with Crippen LogP contribution in [0.1, 0.15) is 31.7 Å². The van der Waals surface area contributed by atoms with Crippen molar-refractivity contribution >= 4 is 0 Å². The Morgan fingerprint density at radius 2 is 2.26 bits per heavy atom. The fourth-order valence-electron chi connectivity index (χ4n) is 2.52. The van der Waals surface area contributed by atoms with E-state index < -0.39 is 0 Å². The zero-order valence-corrected chi connectivity index (χ0v) is 11.5. The lowest BCUT2D eigenvalue weighted by atomic mass is 10.1. The fraction of sp³-hybridized carbons (Fsp3) is 0.600. The molecule has 0 bridgehead atoms. The SMILES string of the molecule is CCCOc1ccc(CN2CCC[C@@H]2CO)c(O)c1. The first kappa shape index (κ1) is 14.2. The lowest BCUT2D eigenvalue weighted by molar-refractivity contribution is 0.152. The number of ether oxygens (including phenoxy) is 1. The molecule has 1 saturated heterocycles. The Kier molecular flexibility index (Phi) is 5.05. The predicted octanol–water partition coefficient (Wildman–Crippen LogP) is 2.14. The molecule has 1 aromatic rings. The number of hydrogen-bond donors (Lipinski definition) is 2. The minimum absolute atomic E-state index is 0.193. The Bertz CT molecular complexity index is 408. The zero-order chi connectivity index (χ0) is 13.7. The molecule has 0 aromatic heterocycles. The van der Waals surface area contributed by atoms with Gasteiger partial charge in [-0.05, 0) is 31.9 Å². The van der Waals surface area contributed by atoms with Crippen molar-refractivity contribution < 1.29 is 14.9 Å². The average molecular weight is 265 g/mol. The monoisotopic (exact) mass is 265 g/mol. The number of benzene rings is 1. The van der Waals surface area contributed by atoms with Gasteiger partial charge < -0.3 is 14.9 Å². The summed E-state index contributed by atoms with van der Waals surface area (Å²) in [5, 5.41) is 19.3. The molecule has 106 valence electrons. The Balaban J connectivity index is 2.00. The average Bonchev–Trinajstić information content (AvgIpc) is 2.86. The van der Waals surface area contributed by atoms with Crippen LogP contribution in [0.25, 0.3) is 0 Å². The van der Waals surface area contributed by atoms with Gasteiger partial charge in [0.2, 0.25) is 0 Å². The molecule has 0 amide bonds. The largest absolute Gasteiger partial charge is 0.507 e. The molecule has 1 aromatic carbocycles. The Hall–Kier alpha value is -1.26. The van der Waals surface area contributed by atoms with Crippen molar-refractivity contribution in [2.45, 2.75) is 38.8 Å². The van der Waals surface area contributed by atoms with Gasteiger partial charge in [0, 0.05) is 24.2 Å². The second kappa shape index (κ2) is 6.78. The summed E-state index contributed by atoms with van der Waals surface area (Å²) in [7, 11) is 0. The quantitative estimate of drug-likeness (QED) is 0.827. The van der Waals surface area contributed by atoms with Gasteiger partial charge in [-0.1, -0.05) is 13.0 Å². The van der Waals surface area contributed by atoms with Gasteiger partial charge in [-0.2, -0.15) is 0 Å². The topological polar surface area (TPSA) is 52.9 Å². The minimum Gasteiger partial charge on any atom is -0.507 e. The van der Waals surface area contributed by atoms with Gasteiger partial charge >= 0.3 is 0 Å². The van der Waals surface area contributed by atoms with Gasteiger partial charge in [-0.3, -0.25) is 4.90 Å². The van der Waals surface area contributed by atoms with E-state index in [0.717, 1.165) is 31.4 Å². The Morgan fingerprint density at radius 3 is 2.95 bits per heavy atom. The van der Waals surface area contributed by atoms with E-state index in [-0.39, 0.29) is 18.4 Å². The van der Waals surface area contributed by atoms with E-state index in [1.54, 1.807) is 6.07 Å². The van der Waals surface area contributed by atoms with Crippen LogP contribution < -0.4 is 4.74 Å². The highest BCUT2D eigenvalue weighted by Crippen LogP contribution is 2.27. The number of rotatable bonds is 6. The highest BCUT2D eigenvalue weighted by atomic mass is 16.5. The van der Waals surface area contributed by atoms with E-state index >= 15 is 0 Å². The number of likely N-dealkylation sites (tertiary alicyclic amines) is 1. The van der Waals surface area contributed by atoms with Crippen LogP contribution in [0, 0.1) is 0 Å². The van der Waals surface area contributed by atoms with Crippen LogP contribution in [0.5, 0.6) is 11.5 Å². The standard InChI is InChI=1S/C15H23NO3/c1-2-8-19-14-6-5-12(15(18)9-14)10-16-7-3-4-13(16)11-17/h5-6,9,13,17-18H,2-4,7-8,10-11H2,1H3/t13-/m1/s1. The third-order valence-electron chi connectivity index (χ3n) is 3.61. The van der Waals surface area contributed by atoms with Crippen LogP contribution in [0.3, 0.4) is 0 Å². The van der Waals surface area contributed by atoms with E-state index in [1.165, 1.54) is 0 Å². The van der Waals surface area contributed by atoms with Crippen molar-refractivity contribution in [1.82, 2.24) is 4.90 Å². The molecule has 4 heteroatoms. The van der Waals surface area contributed by atoms with Gasteiger partial charge in [0.15, 0.2) is 0 Å². The van der Waals surface area contributed by atoms with Crippen LogP contribution >= 0.6 is 0 Å². The maximum Gasteiger partial charge on any atom is 0.123 e. The maximum atomic E-state index is 10.0. The molecule has 1 heterocycles. The van der Waals surface area contributed by atoms with Crippen molar-refractivity contribution in [2.75, 3.05) is 19.8 Å². The lowest BCUT2D eigenvalue weighted by Crippen LogP contribution is -2.31. The summed E-state index contributed by atoms with van der Waals surface area (Å²) in [6.07, 6.45) is 3.10. The van der Waals surface area contributed by atoms with Crippen LogP contribution in [0.2, 0.25) is 0 Å². The van der Waals surface area contributed by atoms with Gasteiger partial charge in [0.05, 0.1) is 13.2 Å². The number of nitrogens with zero attached hydrogens (tertiary/aromatic N) is 1. The van der Waals surface area contributed by atoms with Crippen molar-refractivity contribution in [3.05, 3.63) is 23.8 Å². The molecule has 4 nitrogen and oxygen atoms in total. The predicted molar refractivity (Wildman–Crippen MR) is 74.4 cm³/mol. The molecule has 2 rings (SSSR count). The van der Waals surface area contributed by atoms with Gasteiger partial charge in [0.25, 0.3) is 0 Å². The van der Waals surface area contributed by atoms with E-state index in [2.05, 4.69) is 11.8 Å². The summed E-state index contributed by atoms with van der Waals surface area (Å²) >= 11 is 0. The first-order valence-electron chi connectivity index (χ1n) is 7.04. The molecular formula is C15H23NO3. The summed E-state index contributed by atoms with van der Waals surface area (Å²) in [6, 6.07) is 5.71. The molecule has 0 unspecified atom stereocenters. The van der Waals surface area contributed by atoms with Crippen LogP contribution in [-0.2, 0) is 6.54 Å². The number of aromatic hydroxyl groups is 1. The molecule has 1 aliphatic heterocycles. The van der Waals surface area contributed by atoms with E-state index in [0.29, 0.717) is 18.9 Å². The molecule has 2 N–H and O–H groups in total. The minimum atomic E-state index is 0.193. The first-order chi connectivity index (χ1) is 9.24. The maximum absolute atomic E-state index is 10.0. The summed E-state index contributed by atoms with van der Waals surface area (Å²) in [5.41, 5.74) is 0.893. The first-order valence-corrected chi connectivity index (χ1v) is 7.04. The van der Waals surface area contributed by atoms with Gasteiger partial charge in [-0.25, -0.2) is 0 Å². The summed E-state index contributed by atoms with van der Waals surface area (Å²) in [5.74, 6) is 0.987. The molecule has 1 atom stereocenters. The highest BCUT2D eigenvalue weighted by molar-refractivity contribution is 5.39. The van der Waals surface area contributed by atoms with Crippen LogP contribution in [0.4, 0.5) is 0 Å². The van der Waals surface area contributed by atoms with Gasteiger partial charge in [-0.15, -0.1) is 0 Å². The molecule has 0 radical (unpaired) electrons. The number of phenolic OH excluding ortho intramolecular Hbond substituents is 1. The second-order valence-electron chi connectivity index (χ2n) is 5.09. The molecule has 19 heavy (non-hydrogen) atoms. The van der Waals surface area contributed by atoms with E-state index in [4.69, 9.17) is 4.74 Å². The third kappa shape index (κ3) is 3.61. The summed E-state index contributed by atoms with van der Waals surface area (Å²) in [6.45, 7) is 4.58. The summed E-state index contributed by atoms with van der Waals surface area (Å²) < 4.78 is 5.49. The number of hydrogen-bond acceptors (Lipinski definition) is 4. The molecule has 1 fully saturated rings. The van der Waals surface area contributed by atoms with Crippen molar-refractivity contribution in [1.29, 1.82) is 0 Å². The molecule has 1 aliphatic rings. The number of phenols is 1. The van der Waals surface area contributed by atoms with Gasteiger partial charge in [0.1, 0.15) is 11.5 Å². The van der Waals surface area contributed by atoms with Crippen molar-refractivity contribution in [3.8, 4) is 11.5 Å². The Morgan fingerprint density at radius 1 is 1.42 bits per heavy atom. The number of aliphatic hydroxyl groups is 1. The Labute approximate surface area is 114 Å². The third-order valence-corrected chi connectivity index (χ3v) is 3.61. The summed E-state index contributed by atoms with van der Waals surface area (Å²) in [4.78, 5) is 2.22. The number of aliphatic hydroxyl groups excluding tert-OH is 1. The second-order valence-corrected chi connectivity index (χ2v) is 5.09. The van der Waals surface area contributed by atoms with E-state index in [9.17, 15) is 10.2 Å². The highest BCUT2D eigenvalue weighted by Gasteiger charge is 2.24. The van der Waals surface area contributed by atoms with Crippen molar-refractivity contribution in [2.24, 2.45) is 0 Å². The van der Waals surface area contributed by atoms with Crippen LogP contribution in [-0.4, -0.2) is 40.9 Å². The zero-order valence-electron chi connectivity index (χ0n) is 11.5. The normalized spacial score (nSPS) is 19.8. The molecule has 0 aliphatic carbocycles. The molecule has 0 spiro atoms. The molecular weight excluding hydrogens is 242 g/mol.